The lowest BCUT2D eigenvalue weighted by molar-refractivity contribution is 0.908. The fraction of sp³-hybridized carbons (Fsp3) is 0.364. The molecule has 2 rings (SSSR count). The summed E-state index contributed by atoms with van der Waals surface area (Å²) in [5, 5.41) is 0. The molecule has 13 heavy (non-hydrogen) atoms. The number of anilines is 1. The summed E-state index contributed by atoms with van der Waals surface area (Å²) in [5.41, 5.74) is 2.74. The van der Waals surface area contributed by atoms with Crippen LogP contribution in [0, 0.1) is 0 Å². The van der Waals surface area contributed by atoms with Crippen LogP contribution in [0.15, 0.2) is 29.3 Å². The van der Waals surface area contributed by atoms with Crippen LogP contribution in [0.3, 0.4) is 0 Å². The second kappa shape index (κ2) is 3.21. The lowest BCUT2D eigenvalue weighted by Gasteiger charge is -2.10. The second-order valence-corrected chi connectivity index (χ2v) is 3.45. The Morgan fingerprint density at radius 3 is 3.00 bits per heavy atom. The zero-order valence-corrected chi connectivity index (χ0v) is 8.07. The molecule has 2 heteroatoms. The summed E-state index contributed by atoms with van der Waals surface area (Å²) in [5.74, 6) is 0.478. The maximum absolute atomic E-state index is 4.10. The quantitative estimate of drug-likeness (QED) is 0.594. The van der Waals surface area contributed by atoms with E-state index in [0.29, 0.717) is 5.92 Å². The normalized spacial score (nSPS) is 21.1. The van der Waals surface area contributed by atoms with E-state index in [1.807, 2.05) is 13.3 Å². The van der Waals surface area contributed by atoms with E-state index < -0.39 is 0 Å². The SMILES string of the molecule is CN=CC1CN(C)c2ccccc21. The average molecular weight is 174 g/mol. The minimum absolute atomic E-state index is 0.478. The molecule has 0 saturated heterocycles. The molecule has 1 aromatic carbocycles. The number of para-hydroxylation sites is 1. The molecule has 0 spiro atoms. The Morgan fingerprint density at radius 1 is 1.46 bits per heavy atom. The number of hydrogen-bond acceptors (Lipinski definition) is 2. The third-order valence-electron chi connectivity index (χ3n) is 2.55. The maximum Gasteiger partial charge on any atom is 0.0403 e. The highest BCUT2D eigenvalue weighted by Crippen LogP contribution is 2.33. The molecule has 1 atom stereocenters. The molecule has 1 aromatic rings. The zero-order chi connectivity index (χ0) is 9.26. The first-order valence-corrected chi connectivity index (χ1v) is 4.55. The number of aliphatic imine (C=N–C) groups is 1. The highest BCUT2D eigenvalue weighted by atomic mass is 15.1. The number of nitrogens with zero attached hydrogens (tertiary/aromatic N) is 2. The van der Waals surface area contributed by atoms with Gasteiger partial charge in [-0.3, -0.25) is 0 Å². The van der Waals surface area contributed by atoms with Gasteiger partial charge in [0.15, 0.2) is 0 Å². The Balaban J connectivity index is 2.41. The topological polar surface area (TPSA) is 15.6 Å². The van der Waals surface area contributed by atoms with Crippen LogP contribution in [0.5, 0.6) is 0 Å². The molecule has 0 bridgehead atoms. The molecule has 0 N–H and O–H groups in total. The van der Waals surface area contributed by atoms with E-state index in [9.17, 15) is 0 Å². The lowest BCUT2D eigenvalue weighted by atomic mass is 10.0. The minimum Gasteiger partial charge on any atom is -0.373 e. The van der Waals surface area contributed by atoms with Crippen LogP contribution in [-0.4, -0.2) is 26.9 Å². The van der Waals surface area contributed by atoms with Gasteiger partial charge in [0.05, 0.1) is 0 Å². The van der Waals surface area contributed by atoms with Gasteiger partial charge < -0.3 is 9.89 Å². The highest BCUT2D eigenvalue weighted by Gasteiger charge is 2.23. The first kappa shape index (κ1) is 8.30. The minimum atomic E-state index is 0.478. The summed E-state index contributed by atoms with van der Waals surface area (Å²) in [4.78, 5) is 6.38. The van der Waals surface area contributed by atoms with Gasteiger partial charge in [0.25, 0.3) is 0 Å². The van der Waals surface area contributed by atoms with Gasteiger partial charge >= 0.3 is 0 Å². The van der Waals surface area contributed by atoms with Gasteiger partial charge in [-0.25, -0.2) is 0 Å². The molecule has 1 aliphatic heterocycles. The van der Waals surface area contributed by atoms with E-state index >= 15 is 0 Å². The van der Waals surface area contributed by atoms with E-state index in [1.54, 1.807) is 0 Å². The Hall–Kier alpha value is -1.31. The molecule has 0 radical (unpaired) electrons. The first-order chi connectivity index (χ1) is 6.33. The number of rotatable bonds is 1. The molecule has 68 valence electrons. The number of likely N-dealkylation sites (N-methyl/N-ethyl adjacent to an activating group) is 1. The van der Waals surface area contributed by atoms with E-state index in [4.69, 9.17) is 0 Å². The highest BCUT2D eigenvalue weighted by molar-refractivity contribution is 5.77. The van der Waals surface area contributed by atoms with E-state index in [2.05, 4.69) is 41.2 Å². The summed E-state index contributed by atoms with van der Waals surface area (Å²) >= 11 is 0. The van der Waals surface area contributed by atoms with Crippen molar-refractivity contribution < 1.29 is 0 Å². The van der Waals surface area contributed by atoms with Crippen LogP contribution in [0.2, 0.25) is 0 Å². The lowest BCUT2D eigenvalue weighted by Crippen LogP contribution is -2.15. The van der Waals surface area contributed by atoms with Crippen molar-refractivity contribution in [3.63, 3.8) is 0 Å². The third-order valence-corrected chi connectivity index (χ3v) is 2.55. The van der Waals surface area contributed by atoms with Gasteiger partial charge in [0, 0.05) is 38.5 Å². The van der Waals surface area contributed by atoms with E-state index in [0.717, 1.165) is 6.54 Å². The van der Waals surface area contributed by atoms with Gasteiger partial charge in [0.2, 0.25) is 0 Å². The number of benzene rings is 1. The van der Waals surface area contributed by atoms with Crippen molar-refractivity contribution >= 4 is 11.9 Å². The van der Waals surface area contributed by atoms with Crippen molar-refractivity contribution in [1.29, 1.82) is 0 Å². The zero-order valence-electron chi connectivity index (χ0n) is 8.07. The fourth-order valence-electron chi connectivity index (χ4n) is 1.95. The molecule has 0 fully saturated rings. The predicted octanol–water partition coefficient (Wildman–Crippen LogP) is 1.92. The summed E-state index contributed by atoms with van der Waals surface area (Å²) in [6, 6.07) is 8.53. The molecule has 2 nitrogen and oxygen atoms in total. The van der Waals surface area contributed by atoms with Gasteiger partial charge in [-0.15, -0.1) is 0 Å². The molecule has 0 aromatic heterocycles. The van der Waals surface area contributed by atoms with Crippen molar-refractivity contribution in [2.24, 2.45) is 4.99 Å². The summed E-state index contributed by atoms with van der Waals surface area (Å²) in [6.07, 6.45) is 2.03. The van der Waals surface area contributed by atoms with Crippen LogP contribution >= 0.6 is 0 Å². The first-order valence-electron chi connectivity index (χ1n) is 4.55. The fourth-order valence-corrected chi connectivity index (χ4v) is 1.95. The van der Waals surface area contributed by atoms with Crippen molar-refractivity contribution in [3.8, 4) is 0 Å². The van der Waals surface area contributed by atoms with E-state index in [-0.39, 0.29) is 0 Å². The van der Waals surface area contributed by atoms with Crippen molar-refractivity contribution in [2.75, 3.05) is 25.5 Å². The monoisotopic (exact) mass is 174 g/mol. The van der Waals surface area contributed by atoms with Crippen LogP contribution < -0.4 is 4.90 Å². The van der Waals surface area contributed by atoms with Crippen molar-refractivity contribution in [3.05, 3.63) is 29.8 Å². The second-order valence-electron chi connectivity index (χ2n) is 3.45. The summed E-state index contributed by atoms with van der Waals surface area (Å²) in [7, 11) is 3.96. The Bertz CT molecular complexity index is 331. The number of hydrogen-bond donors (Lipinski definition) is 0. The maximum atomic E-state index is 4.10. The largest absolute Gasteiger partial charge is 0.373 e. The standard InChI is InChI=1S/C11H14N2/c1-12-7-9-8-13(2)11-6-4-3-5-10(9)11/h3-7,9H,8H2,1-2H3. The Labute approximate surface area is 78.9 Å². The van der Waals surface area contributed by atoms with Gasteiger partial charge in [-0.1, -0.05) is 18.2 Å². The molecular weight excluding hydrogens is 160 g/mol. The van der Waals surface area contributed by atoms with Crippen LogP contribution in [0.4, 0.5) is 5.69 Å². The third kappa shape index (κ3) is 1.32. The molecule has 0 amide bonds. The molecule has 1 heterocycles. The van der Waals surface area contributed by atoms with Gasteiger partial charge in [0.1, 0.15) is 0 Å². The molecule has 1 unspecified atom stereocenters. The molecule has 0 aliphatic carbocycles. The van der Waals surface area contributed by atoms with Crippen LogP contribution in [-0.2, 0) is 0 Å². The molecule has 0 saturated carbocycles. The van der Waals surface area contributed by atoms with Crippen LogP contribution in [0.1, 0.15) is 11.5 Å². The summed E-state index contributed by atoms with van der Waals surface area (Å²) in [6.45, 7) is 1.05. The van der Waals surface area contributed by atoms with Crippen LogP contribution in [0.25, 0.3) is 0 Å². The predicted molar refractivity (Wildman–Crippen MR) is 56.9 cm³/mol. The Kier molecular flexibility index (Phi) is 2.05. The molecular formula is C11H14N2. The smallest absolute Gasteiger partial charge is 0.0403 e. The van der Waals surface area contributed by atoms with E-state index in [1.165, 1.54) is 11.3 Å². The average Bonchev–Trinajstić information content (AvgIpc) is 2.46. The van der Waals surface area contributed by atoms with Gasteiger partial charge in [-0.05, 0) is 11.6 Å². The summed E-state index contributed by atoms with van der Waals surface area (Å²) < 4.78 is 0. The Morgan fingerprint density at radius 2 is 2.23 bits per heavy atom. The van der Waals surface area contributed by atoms with Gasteiger partial charge in [-0.2, -0.15) is 0 Å². The van der Waals surface area contributed by atoms with Crippen molar-refractivity contribution in [2.45, 2.75) is 5.92 Å². The van der Waals surface area contributed by atoms with Crippen molar-refractivity contribution in [1.82, 2.24) is 0 Å². The molecule has 1 aliphatic rings. The number of fused-ring (bicyclic) bond motifs is 1.